The smallest absolute Gasteiger partial charge is 0.349 e. The van der Waals surface area contributed by atoms with E-state index >= 15 is 0 Å². The van der Waals surface area contributed by atoms with Crippen LogP contribution in [0.25, 0.3) is 0 Å². The molecule has 0 aliphatic carbocycles. The third kappa shape index (κ3) is 5.22. The quantitative estimate of drug-likeness (QED) is 0.571. The molecule has 0 N–H and O–H groups in total. The Hall–Kier alpha value is -2.53. The van der Waals surface area contributed by atoms with E-state index in [0.29, 0.717) is 28.7 Å². The molecular formula is C19H19ClO5. The molecule has 2 aromatic rings. The van der Waals surface area contributed by atoms with E-state index in [4.69, 9.17) is 25.8 Å². The molecule has 0 atom stereocenters. The summed E-state index contributed by atoms with van der Waals surface area (Å²) in [7, 11) is 0. The van der Waals surface area contributed by atoms with Crippen molar-refractivity contribution in [3.8, 4) is 11.5 Å². The highest BCUT2D eigenvalue weighted by atomic mass is 35.5. The second-order valence-corrected chi connectivity index (χ2v) is 5.76. The molecule has 0 aliphatic rings. The fraction of sp³-hybridized carbons (Fsp3) is 0.263. The van der Waals surface area contributed by atoms with Gasteiger partial charge < -0.3 is 14.2 Å². The summed E-state index contributed by atoms with van der Waals surface area (Å²) in [4.78, 5) is 23.4. The fourth-order valence-electron chi connectivity index (χ4n) is 2.17. The van der Waals surface area contributed by atoms with Gasteiger partial charge in [0.05, 0.1) is 12.2 Å². The Morgan fingerprint density at radius 2 is 1.60 bits per heavy atom. The average Bonchev–Trinajstić information content (AvgIpc) is 2.58. The van der Waals surface area contributed by atoms with Crippen molar-refractivity contribution >= 4 is 23.5 Å². The second-order valence-electron chi connectivity index (χ2n) is 5.38. The van der Waals surface area contributed by atoms with Crippen molar-refractivity contribution in [1.29, 1.82) is 0 Å². The number of carbonyl (C=O) groups is 2. The Kier molecular flexibility index (Phi) is 6.42. The van der Waals surface area contributed by atoms with Gasteiger partial charge in [-0.15, -0.1) is 0 Å². The molecule has 0 unspecified atom stereocenters. The molecule has 0 saturated carbocycles. The van der Waals surface area contributed by atoms with E-state index in [9.17, 15) is 9.59 Å². The summed E-state index contributed by atoms with van der Waals surface area (Å²) in [5, 5.41) is 0.677. The van der Waals surface area contributed by atoms with Crippen LogP contribution in [-0.4, -0.2) is 25.2 Å². The predicted octanol–water partition coefficient (Wildman–Crippen LogP) is 4.12. The first-order valence-corrected chi connectivity index (χ1v) is 8.16. The van der Waals surface area contributed by atoms with Crippen molar-refractivity contribution in [2.45, 2.75) is 20.8 Å². The molecule has 0 aliphatic heterocycles. The molecule has 0 fully saturated rings. The van der Waals surface area contributed by atoms with Crippen LogP contribution in [0.2, 0.25) is 5.02 Å². The van der Waals surface area contributed by atoms with Gasteiger partial charge in [0.25, 0.3) is 0 Å². The molecule has 0 spiro atoms. The van der Waals surface area contributed by atoms with Crippen LogP contribution >= 0.6 is 11.6 Å². The molecule has 0 radical (unpaired) electrons. The van der Waals surface area contributed by atoms with Crippen LogP contribution in [-0.2, 0) is 9.53 Å². The van der Waals surface area contributed by atoms with Gasteiger partial charge in [-0.2, -0.15) is 0 Å². The maximum absolute atomic E-state index is 11.9. The van der Waals surface area contributed by atoms with E-state index in [-0.39, 0.29) is 6.61 Å². The third-order valence-electron chi connectivity index (χ3n) is 3.36. The van der Waals surface area contributed by atoms with Gasteiger partial charge in [-0.1, -0.05) is 11.6 Å². The first kappa shape index (κ1) is 18.8. The summed E-state index contributed by atoms with van der Waals surface area (Å²) >= 11 is 6.09. The van der Waals surface area contributed by atoms with E-state index in [2.05, 4.69) is 0 Å². The third-order valence-corrected chi connectivity index (χ3v) is 3.96. The number of halogens is 1. The molecule has 132 valence electrons. The maximum Gasteiger partial charge on any atom is 0.349 e. The average molecular weight is 363 g/mol. The Labute approximate surface area is 151 Å². The SMILES string of the molecule is CCOC(=O)c1ccc(OC(=O)COc2cc(C)c(Cl)c(C)c2)cc1. The normalized spacial score (nSPS) is 10.2. The van der Waals surface area contributed by atoms with E-state index in [1.54, 1.807) is 19.1 Å². The summed E-state index contributed by atoms with van der Waals surface area (Å²) in [5.74, 6) is -0.0922. The minimum absolute atomic E-state index is 0.236. The van der Waals surface area contributed by atoms with E-state index < -0.39 is 11.9 Å². The van der Waals surface area contributed by atoms with Crippen molar-refractivity contribution in [3.05, 3.63) is 58.1 Å². The number of esters is 2. The minimum atomic E-state index is -0.547. The molecule has 2 aromatic carbocycles. The van der Waals surface area contributed by atoms with Gasteiger partial charge in [-0.05, 0) is 68.3 Å². The largest absolute Gasteiger partial charge is 0.482 e. The van der Waals surface area contributed by atoms with Gasteiger partial charge >= 0.3 is 11.9 Å². The van der Waals surface area contributed by atoms with Crippen LogP contribution in [0.15, 0.2) is 36.4 Å². The number of aryl methyl sites for hydroxylation is 2. The van der Waals surface area contributed by atoms with E-state index in [1.807, 2.05) is 13.8 Å². The first-order valence-electron chi connectivity index (χ1n) is 7.78. The van der Waals surface area contributed by atoms with Crippen LogP contribution in [0.5, 0.6) is 11.5 Å². The summed E-state index contributed by atoms with van der Waals surface area (Å²) in [6.45, 7) is 5.53. The summed E-state index contributed by atoms with van der Waals surface area (Å²) in [6.07, 6.45) is 0. The van der Waals surface area contributed by atoms with Gasteiger partial charge in [0, 0.05) is 5.02 Å². The second kappa shape index (κ2) is 8.53. The predicted molar refractivity (Wildman–Crippen MR) is 94.5 cm³/mol. The molecule has 0 bridgehead atoms. The van der Waals surface area contributed by atoms with Crippen molar-refractivity contribution in [2.75, 3.05) is 13.2 Å². The summed E-state index contributed by atoms with van der Waals surface area (Å²) < 4.78 is 15.5. The van der Waals surface area contributed by atoms with Crippen LogP contribution < -0.4 is 9.47 Å². The van der Waals surface area contributed by atoms with Crippen LogP contribution in [0.1, 0.15) is 28.4 Å². The lowest BCUT2D eigenvalue weighted by Crippen LogP contribution is -2.17. The van der Waals surface area contributed by atoms with Gasteiger partial charge in [0.15, 0.2) is 6.61 Å². The number of hydrogen-bond donors (Lipinski definition) is 0. The topological polar surface area (TPSA) is 61.8 Å². The molecule has 0 amide bonds. The number of hydrogen-bond acceptors (Lipinski definition) is 5. The summed E-state index contributed by atoms with van der Waals surface area (Å²) in [6, 6.07) is 9.65. The molecule has 25 heavy (non-hydrogen) atoms. The molecule has 0 aromatic heterocycles. The van der Waals surface area contributed by atoms with Crippen LogP contribution in [0.3, 0.4) is 0 Å². The highest BCUT2D eigenvalue weighted by Gasteiger charge is 2.10. The molecule has 5 nitrogen and oxygen atoms in total. The van der Waals surface area contributed by atoms with Crippen molar-refractivity contribution in [3.63, 3.8) is 0 Å². The van der Waals surface area contributed by atoms with Crippen molar-refractivity contribution in [1.82, 2.24) is 0 Å². The number of ether oxygens (including phenoxy) is 3. The lowest BCUT2D eigenvalue weighted by molar-refractivity contribution is -0.136. The monoisotopic (exact) mass is 362 g/mol. The Bertz CT molecular complexity index is 745. The molecule has 6 heteroatoms. The zero-order chi connectivity index (χ0) is 18.4. The van der Waals surface area contributed by atoms with Gasteiger partial charge in [-0.3, -0.25) is 0 Å². The van der Waals surface area contributed by atoms with Crippen LogP contribution in [0.4, 0.5) is 0 Å². The molecular weight excluding hydrogens is 344 g/mol. The zero-order valence-electron chi connectivity index (χ0n) is 14.3. The zero-order valence-corrected chi connectivity index (χ0v) is 15.1. The first-order chi connectivity index (χ1) is 11.9. The standard InChI is InChI=1S/C19H19ClO5/c1-4-23-19(22)14-5-7-15(8-6-14)25-17(21)11-24-16-9-12(2)18(20)13(3)10-16/h5-10H,4,11H2,1-3H3. The highest BCUT2D eigenvalue weighted by Crippen LogP contribution is 2.25. The maximum atomic E-state index is 11.9. The van der Waals surface area contributed by atoms with Crippen molar-refractivity contribution in [2.24, 2.45) is 0 Å². The van der Waals surface area contributed by atoms with Gasteiger partial charge in [0.2, 0.25) is 0 Å². The van der Waals surface area contributed by atoms with E-state index in [0.717, 1.165) is 11.1 Å². The van der Waals surface area contributed by atoms with Crippen LogP contribution in [0, 0.1) is 13.8 Å². The Balaban J connectivity index is 1.91. The molecule has 2 rings (SSSR count). The van der Waals surface area contributed by atoms with Crippen molar-refractivity contribution < 1.29 is 23.8 Å². The van der Waals surface area contributed by atoms with Gasteiger partial charge in [0.1, 0.15) is 11.5 Å². The van der Waals surface area contributed by atoms with E-state index in [1.165, 1.54) is 24.3 Å². The number of rotatable bonds is 6. The highest BCUT2D eigenvalue weighted by molar-refractivity contribution is 6.32. The lowest BCUT2D eigenvalue weighted by atomic mass is 10.1. The number of benzene rings is 2. The summed E-state index contributed by atoms with van der Waals surface area (Å²) in [5.41, 5.74) is 2.14. The number of carbonyl (C=O) groups excluding carboxylic acids is 2. The lowest BCUT2D eigenvalue weighted by Gasteiger charge is -2.10. The molecule has 0 saturated heterocycles. The fourth-order valence-corrected chi connectivity index (χ4v) is 2.28. The minimum Gasteiger partial charge on any atom is -0.482 e. The Morgan fingerprint density at radius 1 is 1.00 bits per heavy atom. The molecule has 0 heterocycles. The van der Waals surface area contributed by atoms with Gasteiger partial charge in [-0.25, -0.2) is 9.59 Å². The Morgan fingerprint density at radius 3 is 2.16 bits per heavy atom.